The molecule has 4 rings (SSSR count). The normalized spacial score (nSPS) is 17.0. The molecule has 3 heterocycles. The lowest BCUT2D eigenvalue weighted by atomic mass is 10.2. The Morgan fingerprint density at radius 2 is 2.36 bits per heavy atom. The fourth-order valence-corrected chi connectivity index (χ4v) is 3.58. The minimum absolute atomic E-state index is 0.120. The average Bonchev–Trinajstić information content (AvgIpc) is 3.35. The molecule has 1 atom stereocenters. The van der Waals surface area contributed by atoms with Crippen molar-refractivity contribution in [3.63, 3.8) is 0 Å². The Labute approximate surface area is 149 Å². The molecule has 1 aliphatic rings. The zero-order valence-electron chi connectivity index (χ0n) is 13.7. The number of nitrogens with one attached hydrogen (secondary N) is 1. The summed E-state index contributed by atoms with van der Waals surface area (Å²) in [5.41, 5.74) is 1.36. The number of thiazole rings is 1. The van der Waals surface area contributed by atoms with Gasteiger partial charge in [0.1, 0.15) is 12.4 Å². The molecule has 1 fully saturated rings. The summed E-state index contributed by atoms with van der Waals surface area (Å²) in [4.78, 5) is 17.9. The van der Waals surface area contributed by atoms with Gasteiger partial charge in [0, 0.05) is 24.4 Å². The summed E-state index contributed by atoms with van der Waals surface area (Å²) in [5.74, 6) is 0.417. The monoisotopic (exact) mass is 357 g/mol. The van der Waals surface area contributed by atoms with Crippen molar-refractivity contribution in [3.8, 4) is 5.75 Å². The predicted octanol–water partition coefficient (Wildman–Crippen LogP) is 2.88. The first-order valence-electron chi connectivity index (χ1n) is 8.32. The van der Waals surface area contributed by atoms with E-state index in [0.717, 1.165) is 30.1 Å². The molecule has 7 heteroatoms. The third kappa shape index (κ3) is 3.67. The molecule has 1 aliphatic heterocycles. The lowest BCUT2D eigenvalue weighted by Gasteiger charge is -2.14. The second-order valence-electron chi connectivity index (χ2n) is 5.95. The van der Waals surface area contributed by atoms with Crippen LogP contribution < -0.4 is 10.1 Å². The first-order valence-corrected chi connectivity index (χ1v) is 9.20. The van der Waals surface area contributed by atoms with E-state index >= 15 is 0 Å². The molecule has 3 aromatic rings. The molecule has 1 aromatic carbocycles. The van der Waals surface area contributed by atoms with Gasteiger partial charge in [-0.05, 0) is 25.0 Å². The lowest BCUT2D eigenvalue weighted by molar-refractivity contribution is 0.0670. The highest BCUT2D eigenvalue weighted by Crippen LogP contribution is 2.20. The highest BCUT2D eigenvalue weighted by atomic mass is 32.1. The van der Waals surface area contributed by atoms with Gasteiger partial charge in [-0.2, -0.15) is 0 Å². The summed E-state index contributed by atoms with van der Waals surface area (Å²) in [6, 6.07) is 7.29. The standard InChI is InChI=1S/C18H19N3O3S/c22-17(19-10-13-11-21-7-9-25-18(21)20-13)15-5-1-2-6-16(15)24-12-14-4-3-8-23-14/h1-2,5-7,9,11,14H,3-4,8,10,12H2,(H,19,22). The number of ether oxygens (including phenoxy) is 2. The van der Waals surface area contributed by atoms with Crippen molar-refractivity contribution in [1.82, 2.24) is 14.7 Å². The van der Waals surface area contributed by atoms with Gasteiger partial charge in [0.15, 0.2) is 4.96 Å². The largest absolute Gasteiger partial charge is 0.490 e. The number of hydrogen-bond donors (Lipinski definition) is 1. The molecule has 6 nitrogen and oxygen atoms in total. The van der Waals surface area contributed by atoms with E-state index in [-0.39, 0.29) is 12.0 Å². The van der Waals surface area contributed by atoms with E-state index in [4.69, 9.17) is 9.47 Å². The van der Waals surface area contributed by atoms with E-state index in [1.165, 1.54) is 0 Å². The van der Waals surface area contributed by atoms with Crippen molar-refractivity contribution in [1.29, 1.82) is 0 Å². The van der Waals surface area contributed by atoms with Gasteiger partial charge in [-0.15, -0.1) is 11.3 Å². The minimum atomic E-state index is -0.167. The first-order chi connectivity index (χ1) is 12.3. The molecule has 130 valence electrons. The summed E-state index contributed by atoms with van der Waals surface area (Å²) in [7, 11) is 0. The fourth-order valence-electron chi connectivity index (χ4n) is 2.87. The SMILES string of the molecule is O=C(NCc1cn2ccsc2n1)c1ccccc1OCC1CCCO1. The van der Waals surface area contributed by atoms with E-state index in [0.29, 0.717) is 24.5 Å². The number of carbonyl (C=O) groups excluding carboxylic acids is 1. The van der Waals surface area contributed by atoms with Crippen molar-refractivity contribution in [2.24, 2.45) is 0 Å². The van der Waals surface area contributed by atoms with Gasteiger partial charge in [0.25, 0.3) is 5.91 Å². The zero-order chi connectivity index (χ0) is 17.1. The highest BCUT2D eigenvalue weighted by molar-refractivity contribution is 7.15. The number of aromatic nitrogens is 2. The fraction of sp³-hybridized carbons (Fsp3) is 0.333. The van der Waals surface area contributed by atoms with Crippen LogP contribution in [0.1, 0.15) is 28.9 Å². The Morgan fingerprint density at radius 3 is 3.20 bits per heavy atom. The molecule has 1 saturated heterocycles. The van der Waals surface area contributed by atoms with Crippen LogP contribution in [0.5, 0.6) is 5.75 Å². The maximum absolute atomic E-state index is 12.5. The van der Waals surface area contributed by atoms with Crippen LogP contribution >= 0.6 is 11.3 Å². The molecule has 25 heavy (non-hydrogen) atoms. The van der Waals surface area contributed by atoms with Gasteiger partial charge in [-0.25, -0.2) is 4.98 Å². The van der Waals surface area contributed by atoms with Crippen LogP contribution in [0.3, 0.4) is 0 Å². The number of para-hydroxylation sites is 1. The predicted molar refractivity (Wildman–Crippen MR) is 95.2 cm³/mol. The zero-order valence-corrected chi connectivity index (χ0v) is 14.5. The third-order valence-electron chi connectivity index (χ3n) is 4.15. The number of fused-ring (bicyclic) bond motifs is 1. The highest BCUT2D eigenvalue weighted by Gasteiger charge is 2.18. The van der Waals surface area contributed by atoms with Crippen molar-refractivity contribution >= 4 is 22.2 Å². The van der Waals surface area contributed by atoms with Gasteiger partial charge < -0.3 is 14.8 Å². The molecular weight excluding hydrogens is 338 g/mol. The van der Waals surface area contributed by atoms with Crippen LogP contribution in [0.2, 0.25) is 0 Å². The van der Waals surface area contributed by atoms with Gasteiger partial charge in [0.2, 0.25) is 0 Å². The smallest absolute Gasteiger partial charge is 0.255 e. The summed E-state index contributed by atoms with van der Waals surface area (Å²) in [6.07, 6.45) is 6.07. The van der Waals surface area contributed by atoms with Crippen LogP contribution in [0.25, 0.3) is 4.96 Å². The number of rotatable bonds is 6. The molecule has 0 spiro atoms. The lowest BCUT2D eigenvalue weighted by Crippen LogP contribution is -2.24. The minimum Gasteiger partial charge on any atom is -0.490 e. The summed E-state index contributed by atoms with van der Waals surface area (Å²) >= 11 is 1.57. The van der Waals surface area contributed by atoms with Crippen molar-refractivity contribution in [2.75, 3.05) is 13.2 Å². The summed E-state index contributed by atoms with van der Waals surface area (Å²) < 4.78 is 13.3. The summed E-state index contributed by atoms with van der Waals surface area (Å²) in [6.45, 7) is 1.65. The Morgan fingerprint density at radius 1 is 1.44 bits per heavy atom. The van der Waals surface area contributed by atoms with Gasteiger partial charge >= 0.3 is 0 Å². The van der Waals surface area contributed by atoms with Gasteiger partial charge in [-0.3, -0.25) is 9.20 Å². The Bertz CT molecular complexity index is 839. The van der Waals surface area contributed by atoms with E-state index in [2.05, 4.69) is 10.3 Å². The summed E-state index contributed by atoms with van der Waals surface area (Å²) in [5, 5.41) is 4.89. The number of imidazole rings is 1. The van der Waals surface area contributed by atoms with Crippen molar-refractivity contribution in [2.45, 2.75) is 25.5 Å². The van der Waals surface area contributed by atoms with Gasteiger partial charge in [-0.1, -0.05) is 12.1 Å². The molecule has 0 saturated carbocycles. The molecule has 1 amide bonds. The first kappa shape index (κ1) is 16.1. The van der Waals surface area contributed by atoms with E-state index in [9.17, 15) is 4.79 Å². The van der Waals surface area contributed by atoms with E-state index in [1.54, 1.807) is 17.4 Å². The molecule has 0 aliphatic carbocycles. The average molecular weight is 357 g/mol. The number of amides is 1. The maximum atomic E-state index is 12.5. The number of benzene rings is 1. The molecule has 2 aromatic heterocycles. The van der Waals surface area contributed by atoms with Gasteiger partial charge in [0.05, 0.1) is 23.9 Å². The number of nitrogens with zero attached hydrogens (tertiary/aromatic N) is 2. The molecule has 1 unspecified atom stereocenters. The topological polar surface area (TPSA) is 64.9 Å². The number of hydrogen-bond acceptors (Lipinski definition) is 5. The van der Waals surface area contributed by atoms with Crippen LogP contribution in [0.4, 0.5) is 0 Å². The van der Waals surface area contributed by atoms with Crippen LogP contribution in [-0.2, 0) is 11.3 Å². The van der Waals surface area contributed by atoms with Crippen LogP contribution in [0.15, 0.2) is 42.0 Å². The van der Waals surface area contributed by atoms with E-state index in [1.807, 2.05) is 40.4 Å². The van der Waals surface area contributed by atoms with Crippen LogP contribution in [-0.4, -0.2) is 34.6 Å². The van der Waals surface area contributed by atoms with Crippen LogP contribution in [0, 0.1) is 0 Å². The Hall–Kier alpha value is -2.38. The number of carbonyl (C=O) groups is 1. The maximum Gasteiger partial charge on any atom is 0.255 e. The second-order valence-corrected chi connectivity index (χ2v) is 6.82. The van der Waals surface area contributed by atoms with E-state index < -0.39 is 0 Å². The Balaban J connectivity index is 1.39. The van der Waals surface area contributed by atoms with Crippen molar-refractivity contribution < 1.29 is 14.3 Å². The molecule has 1 N–H and O–H groups in total. The molecular formula is C18H19N3O3S. The second kappa shape index (κ2) is 7.25. The quantitative estimate of drug-likeness (QED) is 0.737. The van der Waals surface area contributed by atoms with Crippen molar-refractivity contribution in [3.05, 3.63) is 53.3 Å². The molecule has 0 bridgehead atoms. The molecule has 0 radical (unpaired) electrons. The Kier molecular flexibility index (Phi) is 4.67. The third-order valence-corrected chi connectivity index (χ3v) is 4.92.